The summed E-state index contributed by atoms with van der Waals surface area (Å²) in [6.45, 7) is 1.01. The van der Waals surface area contributed by atoms with Gasteiger partial charge in [0.2, 0.25) is 10.0 Å². The zero-order chi connectivity index (χ0) is 14.3. The Bertz CT molecular complexity index is 737. The molecule has 0 bridgehead atoms. The third-order valence-corrected chi connectivity index (χ3v) is 5.62. The summed E-state index contributed by atoms with van der Waals surface area (Å²) in [5, 5.41) is 9.81. The molecular formula is C12H12ClN3O3S. The Kier molecular flexibility index (Phi) is 3.19. The molecule has 0 saturated carbocycles. The van der Waals surface area contributed by atoms with Gasteiger partial charge in [-0.15, -0.1) is 0 Å². The maximum Gasteiger partial charge on any atom is 0.248 e. The van der Waals surface area contributed by atoms with Crippen LogP contribution in [-0.4, -0.2) is 33.9 Å². The van der Waals surface area contributed by atoms with Gasteiger partial charge in [-0.2, -0.15) is 4.31 Å². The average Bonchev–Trinajstić information content (AvgIpc) is 2.85. The van der Waals surface area contributed by atoms with Gasteiger partial charge in [-0.25, -0.2) is 13.4 Å². The molecule has 106 valence electrons. The predicted octanol–water partition coefficient (Wildman–Crippen LogP) is 1.45. The molecule has 1 aliphatic rings. The number of fused-ring (bicyclic) bond motifs is 1. The molecule has 0 aliphatic carbocycles. The highest BCUT2D eigenvalue weighted by atomic mass is 35.5. The van der Waals surface area contributed by atoms with Crippen LogP contribution >= 0.6 is 11.6 Å². The first-order chi connectivity index (χ1) is 9.50. The van der Waals surface area contributed by atoms with Crippen molar-refractivity contribution in [1.82, 2.24) is 13.9 Å². The van der Waals surface area contributed by atoms with Gasteiger partial charge in [0.15, 0.2) is 0 Å². The van der Waals surface area contributed by atoms with Gasteiger partial charge in [0.05, 0.1) is 11.6 Å². The molecule has 1 N–H and O–H groups in total. The second kappa shape index (κ2) is 4.76. The molecule has 8 heteroatoms. The van der Waals surface area contributed by atoms with Crippen LogP contribution in [-0.2, 0) is 23.1 Å². The number of benzene rings is 1. The lowest BCUT2D eigenvalue weighted by Crippen LogP contribution is -2.38. The van der Waals surface area contributed by atoms with Crippen molar-refractivity contribution in [2.24, 2.45) is 0 Å². The van der Waals surface area contributed by atoms with Crippen LogP contribution in [0.15, 0.2) is 35.5 Å². The van der Waals surface area contributed by atoms with Crippen molar-refractivity contribution in [3.05, 3.63) is 41.4 Å². The van der Waals surface area contributed by atoms with Gasteiger partial charge in [0, 0.05) is 25.5 Å². The molecule has 1 aromatic heterocycles. The van der Waals surface area contributed by atoms with Gasteiger partial charge in [-0.3, -0.25) is 0 Å². The summed E-state index contributed by atoms with van der Waals surface area (Å²) in [5.74, 6) is 0.331. The Hall–Kier alpha value is -1.57. The van der Waals surface area contributed by atoms with Crippen molar-refractivity contribution in [1.29, 1.82) is 0 Å². The molecule has 0 spiro atoms. The van der Waals surface area contributed by atoms with Crippen molar-refractivity contribution in [2.75, 3.05) is 6.54 Å². The molecule has 6 nitrogen and oxygen atoms in total. The predicted molar refractivity (Wildman–Crippen MR) is 72.9 cm³/mol. The van der Waals surface area contributed by atoms with Crippen molar-refractivity contribution in [2.45, 2.75) is 18.0 Å². The van der Waals surface area contributed by atoms with Crippen molar-refractivity contribution < 1.29 is 13.5 Å². The fraction of sp³-hybridized carbons (Fsp3) is 0.250. The summed E-state index contributed by atoms with van der Waals surface area (Å²) in [4.78, 5) is 3.87. The topological polar surface area (TPSA) is 75.4 Å². The lowest BCUT2D eigenvalue weighted by molar-refractivity contribution is 0.333. The van der Waals surface area contributed by atoms with E-state index in [1.165, 1.54) is 22.5 Å². The fourth-order valence-electron chi connectivity index (χ4n) is 2.24. The first-order valence-corrected chi connectivity index (χ1v) is 7.79. The van der Waals surface area contributed by atoms with E-state index in [-0.39, 0.29) is 22.2 Å². The summed E-state index contributed by atoms with van der Waals surface area (Å²) in [7, 11) is -3.85. The van der Waals surface area contributed by atoms with Gasteiger partial charge < -0.3 is 9.67 Å². The summed E-state index contributed by atoms with van der Waals surface area (Å²) in [5.41, 5.74) is 0. The quantitative estimate of drug-likeness (QED) is 0.910. The van der Waals surface area contributed by atoms with Crippen LogP contribution in [0.3, 0.4) is 0 Å². The summed E-state index contributed by atoms with van der Waals surface area (Å²) < 4.78 is 28.4. The van der Waals surface area contributed by atoms with E-state index >= 15 is 0 Å². The van der Waals surface area contributed by atoms with Gasteiger partial charge in [0.1, 0.15) is 16.5 Å². The number of aromatic hydroxyl groups is 1. The molecule has 1 aromatic carbocycles. The van der Waals surface area contributed by atoms with Gasteiger partial charge in [-0.1, -0.05) is 17.7 Å². The van der Waals surface area contributed by atoms with E-state index in [0.717, 1.165) is 0 Å². The Balaban J connectivity index is 2.02. The number of imidazole rings is 1. The molecular weight excluding hydrogens is 302 g/mol. The minimum Gasteiger partial charge on any atom is -0.506 e. The maximum absolute atomic E-state index is 12.6. The molecule has 20 heavy (non-hydrogen) atoms. The number of halogens is 1. The molecule has 2 aromatic rings. The van der Waals surface area contributed by atoms with Gasteiger partial charge in [0.25, 0.3) is 0 Å². The molecule has 1 aliphatic heterocycles. The first-order valence-electron chi connectivity index (χ1n) is 5.98. The Morgan fingerprint density at radius 3 is 2.85 bits per heavy atom. The van der Waals surface area contributed by atoms with Crippen LogP contribution in [0.4, 0.5) is 0 Å². The van der Waals surface area contributed by atoms with Crippen LogP contribution in [0.5, 0.6) is 5.75 Å². The molecule has 0 radical (unpaired) electrons. The normalized spacial score (nSPS) is 16.1. The number of aromatic nitrogens is 2. The van der Waals surface area contributed by atoms with Crippen molar-refractivity contribution >= 4 is 21.6 Å². The number of phenolic OH excluding ortho intramolecular Hbond substituents is 1. The van der Waals surface area contributed by atoms with Crippen molar-refractivity contribution in [3.63, 3.8) is 0 Å². The maximum atomic E-state index is 12.6. The third kappa shape index (κ3) is 2.07. The second-order valence-electron chi connectivity index (χ2n) is 4.46. The van der Waals surface area contributed by atoms with Crippen LogP contribution < -0.4 is 0 Å². The standard InChI is InChI=1S/C12H12ClN3O3S/c13-9-2-1-3-10(17)12(9)20(18,19)16-7-6-15-5-4-14-11(15)8-16/h1-5,17H,6-8H2. The zero-order valence-corrected chi connectivity index (χ0v) is 12.0. The molecule has 0 amide bonds. The van der Waals surface area contributed by atoms with Crippen LogP contribution in [0.25, 0.3) is 0 Å². The molecule has 0 atom stereocenters. The Morgan fingerprint density at radius 1 is 1.30 bits per heavy atom. The summed E-state index contributed by atoms with van der Waals surface area (Å²) >= 11 is 5.93. The lowest BCUT2D eigenvalue weighted by atomic mass is 10.3. The average molecular weight is 314 g/mol. The largest absolute Gasteiger partial charge is 0.506 e. The number of phenols is 1. The minimum atomic E-state index is -3.85. The molecule has 0 saturated heterocycles. The van der Waals surface area contributed by atoms with E-state index in [2.05, 4.69) is 4.98 Å². The fourth-order valence-corrected chi connectivity index (χ4v) is 4.21. The number of hydrogen-bond acceptors (Lipinski definition) is 4. The zero-order valence-electron chi connectivity index (χ0n) is 10.4. The highest BCUT2D eigenvalue weighted by Crippen LogP contribution is 2.33. The van der Waals surface area contributed by atoms with Crippen LogP contribution in [0.1, 0.15) is 5.82 Å². The van der Waals surface area contributed by atoms with Crippen molar-refractivity contribution in [3.8, 4) is 5.75 Å². The van der Waals surface area contributed by atoms with E-state index in [1.54, 1.807) is 6.20 Å². The number of rotatable bonds is 2. The Morgan fingerprint density at radius 2 is 2.10 bits per heavy atom. The second-order valence-corrected chi connectivity index (χ2v) is 6.75. The molecule has 0 unspecified atom stereocenters. The number of nitrogens with zero attached hydrogens (tertiary/aromatic N) is 3. The van der Waals surface area contributed by atoms with E-state index < -0.39 is 10.0 Å². The van der Waals surface area contributed by atoms with Crippen LogP contribution in [0, 0.1) is 0 Å². The molecule has 3 rings (SSSR count). The summed E-state index contributed by atoms with van der Waals surface area (Å²) in [6.07, 6.45) is 3.45. The smallest absolute Gasteiger partial charge is 0.248 e. The van der Waals surface area contributed by atoms with E-state index in [9.17, 15) is 13.5 Å². The van der Waals surface area contributed by atoms with Crippen LogP contribution in [0.2, 0.25) is 5.02 Å². The first kappa shape index (κ1) is 13.4. The molecule has 2 heterocycles. The van der Waals surface area contributed by atoms with E-state index in [4.69, 9.17) is 11.6 Å². The number of hydrogen-bond donors (Lipinski definition) is 1. The summed E-state index contributed by atoms with van der Waals surface area (Å²) in [6, 6.07) is 4.25. The monoisotopic (exact) mass is 313 g/mol. The highest BCUT2D eigenvalue weighted by Gasteiger charge is 2.32. The van der Waals surface area contributed by atoms with Gasteiger partial charge >= 0.3 is 0 Å². The SMILES string of the molecule is O=S(=O)(c1c(O)cccc1Cl)N1CCn2ccnc2C1. The molecule has 0 fully saturated rings. The number of sulfonamides is 1. The Labute approximate surface area is 121 Å². The highest BCUT2D eigenvalue weighted by molar-refractivity contribution is 7.89. The van der Waals surface area contributed by atoms with E-state index in [0.29, 0.717) is 18.9 Å². The third-order valence-electron chi connectivity index (χ3n) is 3.25. The minimum absolute atomic E-state index is 0.0129. The lowest BCUT2D eigenvalue weighted by Gasteiger charge is -2.27. The van der Waals surface area contributed by atoms with E-state index in [1.807, 2.05) is 10.8 Å². The van der Waals surface area contributed by atoms with Gasteiger partial charge in [-0.05, 0) is 12.1 Å².